The zero-order chi connectivity index (χ0) is 9.72. The summed E-state index contributed by atoms with van der Waals surface area (Å²) in [5.41, 5.74) is 0. The Hall–Kier alpha value is -0.970. The van der Waals surface area contributed by atoms with Gasteiger partial charge in [0.1, 0.15) is 0 Å². The average molecular weight is 210 g/mol. The summed E-state index contributed by atoms with van der Waals surface area (Å²) < 4.78 is 4.69. The van der Waals surface area contributed by atoms with Crippen molar-refractivity contribution in [3.8, 4) is 0 Å². The van der Waals surface area contributed by atoms with Crippen molar-refractivity contribution in [2.24, 2.45) is 0 Å². The first-order valence-corrected chi connectivity index (χ1v) is 3.67. The number of halogens is 1. The van der Waals surface area contributed by atoms with Gasteiger partial charge >= 0.3 is 6.09 Å². The largest absolute Gasteiger partial charge is 0.449 e. The molecule has 6 heteroatoms. The van der Waals surface area contributed by atoms with Crippen molar-refractivity contribution in [3.63, 3.8) is 0 Å². The Morgan fingerprint density at radius 3 is 2.15 bits per heavy atom. The molecule has 0 aromatic rings. The molecule has 0 aromatic heterocycles. The zero-order valence-electron chi connectivity index (χ0n) is 8.33. The van der Waals surface area contributed by atoms with Crippen LogP contribution in [0, 0.1) is 5.41 Å². The lowest BCUT2D eigenvalue weighted by Gasteiger charge is -2.22. The van der Waals surface area contributed by atoms with Crippen molar-refractivity contribution in [2.45, 2.75) is 6.92 Å². The molecule has 0 bridgehead atoms. The van der Waals surface area contributed by atoms with Gasteiger partial charge < -0.3 is 9.64 Å². The van der Waals surface area contributed by atoms with Gasteiger partial charge in [-0.2, -0.15) is 0 Å². The lowest BCUT2D eigenvalue weighted by Crippen LogP contribution is -2.41. The smallest absolute Gasteiger partial charge is 0.416 e. The molecule has 0 aliphatic carbocycles. The van der Waals surface area contributed by atoms with Crippen molar-refractivity contribution >= 4 is 24.5 Å². The third-order valence-corrected chi connectivity index (χ3v) is 1.28. The molecule has 0 saturated carbocycles. The number of carbonyl (C=O) groups is 1. The molecule has 0 heterocycles. The van der Waals surface area contributed by atoms with Gasteiger partial charge in [0.15, 0.2) is 0 Å². The van der Waals surface area contributed by atoms with Crippen LogP contribution in [0.3, 0.4) is 0 Å². The molecule has 0 atom stereocenters. The van der Waals surface area contributed by atoms with Crippen LogP contribution in [0.4, 0.5) is 4.79 Å². The number of carbonyl (C=O) groups excluding carboxylic acids is 1. The molecule has 1 amide bonds. The van der Waals surface area contributed by atoms with E-state index >= 15 is 0 Å². The SMILES string of the molecule is CCOC(=O)N(C)C(=N)N(C)C.Cl. The number of guanidine groups is 1. The van der Waals surface area contributed by atoms with Gasteiger partial charge in [0.05, 0.1) is 6.61 Å². The summed E-state index contributed by atoms with van der Waals surface area (Å²) in [5.74, 6) is 0.105. The van der Waals surface area contributed by atoms with Crippen molar-refractivity contribution in [1.82, 2.24) is 9.80 Å². The maximum Gasteiger partial charge on any atom is 0.416 e. The van der Waals surface area contributed by atoms with Crippen LogP contribution >= 0.6 is 12.4 Å². The fraction of sp³-hybridized carbons (Fsp3) is 0.714. The topological polar surface area (TPSA) is 56.6 Å². The van der Waals surface area contributed by atoms with Gasteiger partial charge in [0, 0.05) is 21.1 Å². The van der Waals surface area contributed by atoms with Gasteiger partial charge in [0.2, 0.25) is 5.96 Å². The van der Waals surface area contributed by atoms with Crippen LogP contribution in [0.15, 0.2) is 0 Å². The number of hydrogen-bond acceptors (Lipinski definition) is 3. The number of nitrogens with zero attached hydrogens (tertiary/aromatic N) is 2. The van der Waals surface area contributed by atoms with E-state index in [-0.39, 0.29) is 18.4 Å². The van der Waals surface area contributed by atoms with Crippen LogP contribution in [0.5, 0.6) is 0 Å². The van der Waals surface area contributed by atoms with Crippen LogP contribution in [0.25, 0.3) is 0 Å². The van der Waals surface area contributed by atoms with Crippen LogP contribution in [0.1, 0.15) is 6.92 Å². The van der Waals surface area contributed by atoms with Gasteiger partial charge in [-0.05, 0) is 6.92 Å². The summed E-state index contributed by atoms with van der Waals surface area (Å²) in [7, 11) is 4.89. The Kier molecular flexibility index (Phi) is 7.31. The first-order chi connectivity index (χ1) is 5.50. The molecule has 13 heavy (non-hydrogen) atoms. The standard InChI is InChI=1S/C7H15N3O2.ClH/c1-5-12-7(11)10(4)6(8)9(2)3;/h8H,5H2,1-4H3;1H. The van der Waals surface area contributed by atoms with Crippen molar-refractivity contribution < 1.29 is 9.53 Å². The van der Waals surface area contributed by atoms with E-state index in [9.17, 15) is 4.79 Å². The molecule has 0 aliphatic rings. The highest BCUT2D eigenvalue weighted by molar-refractivity contribution is 5.91. The Balaban J connectivity index is 0. The van der Waals surface area contributed by atoms with E-state index in [4.69, 9.17) is 10.1 Å². The van der Waals surface area contributed by atoms with Gasteiger partial charge in [-0.1, -0.05) is 0 Å². The molecule has 0 fully saturated rings. The minimum atomic E-state index is -0.504. The molecule has 0 saturated heterocycles. The predicted octanol–water partition coefficient (Wildman–Crippen LogP) is 0.993. The molecule has 5 nitrogen and oxygen atoms in total. The van der Waals surface area contributed by atoms with E-state index in [0.717, 1.165) is 4.90 Å². The fourth-order valence-corrected chi connectivity index (χ4v) is 0.607. The van der Waals surface area contributed by atoms with Crippen LogP contribution in [-0.2, 0) is 4.74 Å². The lowest BCUT2D eigenvalue weighted by molar-refractivity contribution is 0.130. The first-order valence-electron chi connectivity index (χ1n) is 3.67. The summed E-state index contributed by atoms with van der Waals surface area (Å²) in [4.78, 5) is 13.7. The third kappa shape index (κ3) is 4.57. The van der Waals surface area contributed by atoms with E-state index in [0.29, 0.717) is 6.61 Å². The summed E-state index contributed by atoms with van der Waals surface area (Å²) in [6, 6.07) is 0. The van der Waals surface area contributed by atoms with E-state index < -0.39 is 6.09 Å². The molecule has 0 aliphatic heterocycles. The Morgan fingerprint density at radius 2 is 1.85 bits per heavy atom. The number of hydrogen-bond donors (Lipinski definition) is 1. The Labute approximate surface area is 84.6 Å². The molecular weight excluding hydrogens is 194 g/mol. The number of nitrogens with one attached hydrogen (secondary N) is 1. The van der Waals surface area contributed by atoms with E-state index in [1.54, 1.807) is 21.0 Å². The minimum absolute atomic E-state index is 0. The van der Waals surface area contributed by atoms with Crippen LogP contribution < -0.4 is 0 Å². The molecule has 0 rings (SSSR count). The van der Waals surface area contributed by atoms with E-state index in [2.05, 4.69) is 0 Å². The van der Waals surface area contributed by atoms with Gasteiger partial charge in [-0.3, -0.25) is 10.3 Å². The first kappa shape index (κ1) is 14.5. The highest BCUT2D eigenvalue weighted by Crippen LogP contribution is 1.93. The molecule has 0 spiro atoms. The quantitative estimate of drug-likeness (QED) is 0.518. The van der Waals surface area contributed by atoms with Crippen LogP contribution in [0.2, 0.25) is 0 Å². The highest BCUT2D eigenvalue weighted by Gasteiger charge is 2.15. The summed E-state index contributed by atoms with van der Waals surface area (Å²) >= 11 is 0. The predicted molar refractivity (Wildman–Crippen MR) is 53.4 cm³/mol. The monoisotopic (exact) mass is 209 g/mol. The molecular formula is C7H16ClN3O2. The molecule has 0 radical (unpaired) electrons. The maximum absolute atomic E-state index is 11.0. The van der Waals surface area contributed by atoms with Gasteiger partial charge in [-0.15, -0.1) is 12.4 Å². The van der Waals surface area contributed by atoms with Crippen molar-refractivity contribution in [2.75, 3.05) is 27.7 Å². The second kappa shape index (κ2) is 6.54. The summed E-state index contributed by atoms with van der Waals surface area (Å²) in [6.45, 7) is 2.05. The number of ether oxygens (including phenoxy) is 1. The Morgan fingerprint density at radius 1 is 1.38 bits per heavy atom. The molecule has 78 valence electrons. The molecule has 1 N–H and O–H groups in total. The van der Waals surface area contributed by atoms with E-state index in [1.165, 1.54) is 11.9 Å². The molecule has 0 aromatic carbocycles. The number of rotatable bonds is 1. The van der Waals surface area contributed by atoms with Gasteiger partial charge in [-0.25, -0.2) is 4.79 Å². The molecule has 0 unspecified atom stereocenters. The normalized spacial score (nSPS) is 8.31. The van der Waals surface area contributed by atoms with Crippen molar-refractivity contribution in [3.05, 3.63) is 0 Å². The Bertz CT molecular complexity index is 185. The second-order valence-electron chi connectivity index (χ2n) is 2.48. The minimum Gasteiger partial charge on any atom is -0.449 e. The van der Waals surface area contributed by atoms with Crippen molar-refractivity contribution in [1.29, 1.82) is 5.41 Å². The van der Waals surface area contributed by atoms with E-state index in [1.807, 2.05) is 0 Å². The van der Waals surface area contributed by atoms with Gasteiger partial charge in [0.25, 0.3) is 0 Å². The number of amides is 1. The fourth-order valence-electron chi connectivity index (χ4n) is 0.607. The van der Waals surface area contributed by atoms with Crippen LogP contribution in [-0.4, -0.2) is 49.6 Å². The zero-order valence-corrected chi connectivity index (χ0v) is 9.14. The maximum atomic E-state index is 11.0. The summed E-state index contributed by atoms with van der Waals surface area (Å²) in [5, 5.41) is 7.41. The highest BCUT2D eigenvalue weighted by atomic mass is 35.5. The average Bonchev–Trinajstić information content (AvgIpc) is 2.02. The summed E-state index contributed by atoms with van der Waals surface area (Å²) in [6.07, 6.45) is -0.504. The second-order valence-corrected chi connectivity index (χ2v) is 2.48. The third-order valence-electron chi connectivity index (χ3n) is 1.28. The lowest BCUT2D eigenvalue weighted by atomic mass is 10.7.